The van der Waals surface area contributed by atoms with Crippen LogP contribution in [0.15, 0.2) is 48.5 Å². The van der Waals surface area contributed by atoms with Gasteiger partial charge in [-0.25, -0.2) is 9.37 Å². The molecule has 1 fully saturated rings. The van der Waals surface area contributed by atoms with E-state index in [1.165, 1.54) is 35.6 Å². The molecule has 3 aromatic rings. The number of carbonyl (C=O) groups excluding carboxylic acids is 2. The maximum atomic E-state index is 13.3. The van der Waals surface area contributed by atoms with E-state index in [4.69, 9.17) is 4.74 Å². The van der Waals surface area contributed by atoms with E-state index in [-0.39, 0.29) is 17.7 Å². The van der Waals surface area contributed by atoms with Gasteiger partial charge < -0.3 is 14.5 Å². The Labute approximate surface area is 201 Å². The molecular formula is C25H25FN4O3S. The van der Waals surface area contributed by atoms with E-state index in [9.17, 15) is 14.0 Å². The van der Waals surface area contributed by atoms with Crippen LogP contribution in [-0.2, 0) is 11.2 Å². The van der Waals surface area contributed by atoms with Crippen LogP contribution in [0.5, 0.6) is 5.75 Å². The first-order chi connectivity index (χ1) is 16.5. The fourth-order valence-corrected chi connectivity index (χ4v) is 5.52. The van der Waals surface area contributed by atoms with E-state index in [2.05, 4.69) is 15.2 Å². The molecule has 2 amide bonds. The Bertz CT molecular complexity index is 1190. The van der Waals surface area contributed by atoms with Gasteiger partial charge in [0.2, 0.25) is 5.91 Å². The van der Waals surface area contributed by atoms with Gasteiger partial charge in [0.25, 0.3) is 5.91 Å². The Kier molecular flexibility index (Phi) is 6.19. The zero-order valence-electron chi connectivity index (χ0n) is 18.8. The van der Waals surface area contributed by atoms with Crippen molar-refractivity contribution in [2.75, 3.05) is 43.5 Å². The Hall–Kier alpha value is -3.46. The third kappa shape index (κ3) is 4.48. The fraction of sp³-hybridized carbons (Fsp3) is 0.320. The lowest BCUT2D eigenvalue weighted by atomic mass is 10.1. The van der Waals surface area contributed by atoms with Crippen molar-refractivity contribution in [3.8, 4) is 5.75 Å². The summed E-state index contributed by atoms with van der Waals surface area (Å²) in [5.41, 5.74) is 2.26. The van der Waals surface area contributed by atoms with E-state index in [0.717, 1.165) is 47.9 Å². The highest BCUT2D eigenvalue weighted by Gasteiger charge is 2.36. The number of aromatic nitrogens is 1. The number of hydrogen-bond acceptors (Lipinski definition) is 6. The number of amides is 2. The van der Waals surface area contributed by atoms with Crippen LogP contribution in [0.25, 0.3) is 0 Å². The molecule has 0 spiro atoms. The van der Waals surface area contributed by atoms with E-state index in [1.54, 1.807) is 7.11 Å². The molecule has 0 radical (unpaired) electrons. The first-order valence-corrected chi connectivity index (χ1v) is 12.1. The maximum absolute atomic E-state index is 13.3. The molecule has 1 saturated heterocycles. The number of nitrogens with zero attached hydrogens (tertiary/aromatic N) is 3. The average molecular weight is 481 g/mol. The van der Waals surface area contributed by atoms with E-state index >= 15 is 0 Å². The summed E-state index contributed by atoms with van der Waals surface area (Å²) in [7, 11) is 1.65. The van der Waals surface area contributed by atoms with Crippen molar-refractivity contribution in [3.63, 3.8) is 0 Å². The van der Waals surface area contributed by atoms with Crippen molar-refractivity contribution in [1.29, 1.82) is 0 Å². The Morgan fingerprint density at radius 2 is 1.76 bits per heavy atom. The van der Waals surface area contributed by atoms with Crippen molar-refractivity contribution in [2.45, 2.75) is 18.8 Å². The van der Waals surface area contributed by atoms with Gasteiger partial charge >= 0.3 is 0 Å². The number of ether oxygens (including phenoxy) is 1. The van der Waals surface area contributed by atoms with Crippen LogP contribution in [0.3, 0.4) is 0 Å². The van der Waals surface area contributed by atoms with Crippen LogP contribution in [0.1, 0.15) is 33.3 Å². The lowest BCUT2D eigenvalue weighted by Gasteiger charge is -2.37. The summed E-state index contributed by atoms with van der Waals surface area (Å²) in [6, 6.07) is 13.3. The lowest BCUT2D eigenvalue weighted by Crippen LogP contribution is -2.50. The second-order valence-corrected chi connectivity index (χ2v) is 9.47. The Morgan fingerprint density at radius 3 is 2.44 bits per heavy atom. The summed E-state index contributed by atoms with van der Waals surface area (Å²) < 4.78 is 18.3. The number of piperazine rings is 1. The van der Waals surface area contributed by atoms with Gasteiger partial charge in [-0.05, 0) is 61.4 Å². The minimum atomic E-state index is -0.393. The highest BCUT2D eigenvalue weighted by Crippen LogP contribution is 2.39. The predicted molar refractivity (Wildman–Crippen MR) is 129 cm³/mol. The lowest BCUT2D eigenvalue weighted by molar-refractivity contribution is -0.133. The molecule has 34 heavy (non-hydrogen) atoms. The van der Waals surface area contributed by atoms with Crippen molar-refractivity contribution < 1.29 is 18.7 Å². The largest absolute Gasteiger partial charge is 0.497 e. The number of hydrogen-bond donors (Lipinski definition) is 1. The highest BCUT2D eigenvalue weighted by atomic mass is 32.1. The predicted octanol–water partition coefficient (Wildman–Crippen LogP) is 3.92. The van der Waals surface area contributed by atoms with E-state index in [0.29, 0.717) is 23.8 Å². The topological polar surface area (TPSA) is 74.8 Å². The summed E-state index contributed by atoms with van der Waals surface area (Å²) in [5.74, 6) is -0.0721. The number of benzene rings is 2. The first-order valence-electron chi connectivity index (χ1n) is 11.3. The second-order valence-electron chi connectivity index (χ2n) is 8.39. The van der Waals surface area contributed by atoms with Gasteiger partial charge in [-0.1, -0.05) is 0 Å². The molecule has 9 heteroatoms. The molecule has 0 saturated carbocycles. The highest BCUT2D eigenvalue weighted by molar-refractivity contribution is 7.16. The van der Waals surface area contributed by atoms with Crippen molar-refractivity contribution in [2.24, 2.45) is 0 Å². The number of rotatable bonds is 5. The maximum Gasteiger partial charge on any atom is 0.257 e. The number of carbonyl (C=O) groups is 2. The molecule has 7 nitrogen and oxygen atoms in total. The van der Waals surface area contributed by atoms with Crippen LogP contribution >= 0.6 is 11.3 Å². The number of fused-ring (bicyclic) bond motifs is 1. The normalized spacial score (nSPS) is 17.4. The molecule has 2 heterocycles. The smallest absolute Gasteiger partial charge is 0.257 e. The van der Waals surface area contributed by atoms with Crippen LogP contribution in [0.4, 0.5) is 15.2 Å². The zero-order valence-corrected chi connectivity index (χ0v) is 19.6. The van der Waals surface area contributed by atoms with Gasteiger partial charge in [-0.15, -0.1) is 11.3 Å². The van der Waals surface area contributed by atoms with Gasteiger partial charge in [0.05, 0.1) is 18.7 Å². The quantitative estimate of drug-likeness (QED) is 0.599. The molecule has 1 aromatic heterocycles. The van der Waals surface area contributed by atoms with Gasteiger partial charge in [-0.2, -0.15) is 0 Å². The molecular weight excluding hydrogens is 455 g/mol. The fourth-order valence-electron chi connectivity index (χ4n) is 4.49. The molecule has 2 aliphatic rings. The van der Waals surface area contributed by atoms with Crippen molar-refractivity contribution >= 4 is 34.0 Å². The summed E-state index contributed by atoms with van der Waals surface area (Å²) in [5, 5.41) is 3.26. The molecule has 176 valence electrons. The van der Waals surface area contributed by atoms with Gasteiger partial charge in [0, 0.05) is 42.3 Å². The zero-order chi connectivity index (χ0) is 23.7. The summed E-state index contributed by atoms with van der Waals surface area (Å²) in [6.07, 6.45) is 1.53. The second kappa shape index (κ2) is 9.42. The van der Waals surface area contributed by atoms with Gasteiger partial charge in [0.1, 0.15) is 11.6 Å². The number of halogens is 1. The van der Waals surface area contributed by atoms with Crippen molar-refractivity contribution in [3.05, 3.63) is 70.5 Å². The monoisotopic (exact) mass is 480 g/mol. The van der Waals surface area contributed by atoms with Crippen LogP contribution in [0.2, 0.25) is 0 Å². The Morgan fingerprint density at radius 1 is 1.06 bits per heavy atom. The summed E-state index contributed by atoms with van der Waals surface area (Å²) in [4.78, 5) is 35.6. The molecule has 1 aliphatic carbocycles. The molecule has 2 aromatic carbocycles. The summed E-state index contributed by atoms with van der Waals surface area (Å²) >= 11 is 1.41. The molecule has 1 unspecified atom stereocenters. The third-order valence-electron chi connectivity index (χ3n) is 6.37. The number of anilines is 2. The minimum Gasteiger partial charge on any atom is -0.497 e. The minimum absolute atomic E-state index is 0.106. The first kappa shape index (κ1) is 22.3. The molecule has 5 rings (SSSR count). The molecule has 1 N–H and O–H groups in total. The number of nitrogens with one attached hydrogen (secondary N) is 1. The van der Waals surface area contributed by atoms with E-state index < -0.39 is 5.82 Å². The van der Waals surface area contributed by atoms with Crippen LogP contribution in [-0.4, -0.2) is 55.0 Å². The standard InChI is InChI=1S/C25H25FN4O3S/c1-33-19-8-6-18(7-9-19)29-12-14-30(15-13-29)24(32)20-10-11-21-22(20)27-25(34-21)28-23(31)16-2-4-17(26)5-3-16/h2-9,20H,10-15H2,1H3,(H,27,28,31). The molecule has 1 aliphatic heterocycles. The van der Waals surface area contributed by atoms with Gasteiger partial charge in [0.15, 0.2) is 5.13 Å². The van der Waals surface area contributed by atoms with Crippen molar-refractivity contribution in [1.82, 2.24) is 9.88 Å². The van der Waals surface area contributed by atoms with Crippen LogP contribution < -0.4 is 15.0 Å². The van der Waals surface area contributed by atoms with Crippen LogP contribution in [0, 0.1) is 5.82 Å². The molecule has 1 atom stereocenters. The Balaban J connectivity index is 1.21. The number of methoxy groups -OCH3 is 1. The third-order valence-corrected chi connectivity index (χ3v) is 7.42. The number of thiazole rings is 1. The summed E-state index contributed by atoms with van der Waals surface area (Å²) in [6.45, 7) is 2.87. The van der Waals surface area contributed by atoms with Gasteiger partial charge in [-0.3, -0.25) is 14.9 Å². The average Bonchev–Trinajstić information content (AvgIpc) is 3.44. The van der Waals surface area contributed by atoms with E-state index in [1.807, 2.05) is 29.2 Å². The number of aryl methyl sites for hydroxylation is 1. The SMILES string of the molecule is COc1ccc(N2CCN(C(=O)C3CCc4sc(NC(=O)c5ccc(F)cc5)nc43)CC2)cc1. The molecule has 0 bridgehead atoms.